The van der Waals surface area contributed by atoms with Crippen LogP contribution in [-0.4, -0.2) is 18.8 Å². The van der Waals surface area contributed by atoms with E-state index in [0.717, 1.165) is 5.56 Å². The highest BCUT2D eigenvalue weighted by molar-refractivity contribution is 5.85. The maximum atomic E-state index is 11.7. The van der Waals surface area contributed by atoms with Gasteiger partial charge in [-0.3, -0.25) is 5.32 Å². The molecule has 0 heterocycles. The molecule has 19 heavy (non-hydrogen) atoms. The van der Waals surface area contributed by atoms with Crippen LogP contribution < -0.4 is 15.8 Å². The van der Waals surface area contributed by atoms with E-state index in [-0.39, 0.29) is 6.04 Å². The molecular formula is C14H22N2O3. The third kappa shape index (κ3) is 4.79. The van der Waals surface area contributed by atoms with Crippen LogP contribution in [0.15, 0.2) is 18.2 Å². The molecule has 1 aromatic rings. The van der Waals surface area contributed by atoms with Crippen LogP contribution in [0.4, 0.5) is 10.5 Å². The van der Waals surface area contributed by atoms with Gasteiger partial charge in [0.15, 0.2) is 0 Å². The smallest absolute Gasteiger partial charge is 0.412 e. The zero-order valence-electron chi connectivity index (χ0n) is 12.1. The molecule has 0 aromatic heterocycles. The van der Waals surface area contributed by atoms with E-state index in [1.807, 2.05) is 27.7 Å². The van der Waals surface area contributed by atoms with E-state index in [1.165, 1.54) is 0 Å². The van der Waals surface area contributed by atoms with Gasteiger partial charge in [-0.05, 0) is 45.9 Å². The van der Waals surface area contributed by atoms with Crippen LogP contribution >= 0.6 is 0 Å². The predicted molar refractivity (Wildman–Crippen MR) is 75.5 cm³/mol. The second-order valence-corrected chi connectivity index (χ2v) is 5.37. The lowest BCUT2D eigenvalue weighted by molar-refractivity contribution is 0.0636. The van der Waals surface area contributed by atoms with Crippen LogP contribution in [0.3, 0.4) is 0 Å². The lowest BCUT2D eigenvalue weighted by atomic mass is 10.1. The number of nitrogens with one attached hydrogen (secondary N) is 1. The average Bonchev–Trinajstić information content (AvgIpc) is 2.26. The minimum atomic E-state index is -0.527. The van der Waals surface area contributed by atoms with Gasteiger partial charge < -0.3 is 15.2 Å². The van der Waals surface area contributed by atoms with E-state index in [4.69, 9.17) is 15.2 Å². The summed E-state index contributed by atoms with van der Waals surface area (Å²) in [6.07, 6.45) is -0.492. The standard InChI is InChI=1S/C14H22N2O3/c1-9(15)11-8-10(6-7-12(11)18-5)16-13(17)19-14(2,3)4/h6-9H,15H2,1-5H3,(H,16,17). The lowest BCUT2D eigenvalue weighted by Gasteiger charge is -2.20. The summed E-state index contributed by atoms with van der Waals surface area (Å²) in [5.41, 5.74) is 6.80. The van der Waals surface area contributed by atoms with Crippen molar-refractivity contribution in [2.45, 2.75) is 39.3 Å². The van der Waals surface area contributed by atoms with Crippen molar-refractivity contribution in [3.05, 3.63) is 23.8 Å². The third-order valence-corrected chi connectivity index (χ3v) is 2.37. The SMILES string of the molecule is COc1ccc(NC(=O)OC(C)(C)C)cc1C(C)N. The number of methoxy groups -OCH3 is 1. The summed E-state index contributed by atoms with van der Waals surface area (Å²) >= 11 is 0. The highest BCUT2D eigenvalue weighted by atomic mass is 16.6. The number of carbonyl (C=O) groups excluding carboxylic acids is 1. The Hall–Kier alpha value is -1.75. The van der Waals surface area contributed by atoms with E-state index in [2.05, 4.69) is 5.32 Å². The molecule has 0 aliphatic rings. The van der Waals surface area contributed by atoms with Gasteiger partial charge in [0, 0.05) is 17.3 Å². The van der Waals surface area contributed by atoms with Crippen LogP contribution in [0, 0.1) is 0 Å². The molecule has 1 aromatic carbocycles. The Bertz CT molecular complexity index is 450. The molecule has 0 spiro atoms. The fourth-order valence-corrected chi connectivity index (χ4v) is 1.59. The van der Waals surface area contributed by atoms with Crippen molar-refractivity contribution in [3.63, 3.8) is 0 Å². The number of hydrogen-bond acceptors (Lipinski definition) is 4. The number of amides is 1. The van der Waals surface area contributed by atoms with Gasteiger partial charge in [0.25, 0.3) is 0 Å². The zero-order chi connectivity index (χ0) is 14.6. The topological polar surface area (TPSA) is 73.6 Å². The first-order valence-electron chi connectivity index (χ1n) is 6.16. The summed E-state index contributed by atoms with van der Waals surface area (Å²) in [5.74, 6) is 0.699. The van der Waals surface area contributed by atoms with Crippen molar-refractivity contribution in [2.75, 3.05) is 12.4 Å². The molecule has 0 radical (unpaired) electrons. The predicted octanol–water partition coefficient (Wildman–Crippen LogP) is 3.06. The highest BCUT2D eigenvalue weighted by Gasteiger charge is 2.17. The minimum Gasteiger partial charge on any atom is -0.496 e. The number of rotatable bonds is 3. The van der Waals surface area contributed by atoms with E-state index >= 15 is 0 Å². The van der Waals surface area contributed by atoms with Crippen LogP contribution in [0.2, 0.25) is 0 Å². The maximum absolute atomic E-state index is 11.7. The molecule has 0 saturated carbocycles. The number of ether oxygens (including phenoxy) is 2. The van der Waals surface area contributed by atoms with Gasteiger partial charge in [-0.15, -0.1) is 0 Å². The van der Waals surface area contributed by atoms with Gasteiger partial charge >= 0.3 is 6.09 Å². The first-order valence-corrected chi connectivity index (χ1v) is 6.16. The molecule has 0 saturated heterocycles. The Balaban J connectivity index is 2.85. The quantitative estimate of drug-likeness (QED) is 0.881. The Morgan fingerprint density at radius 1 is 1.37 bits per heavy atom. The molecule has 1 unspecified atom stereocenters. The second-order valence-electron chi connectivity index (χ2n) is 5.37. The van der Waals surface area contributed by atoms with Gasteiger partial charge in [-0.2, -0.15) is 0 Å². The number of hydrogen-bond donors (Lipinski definition) is 2. The number of benzene rings is 1. The average molecular weight is 266 g/mol. The molecule has 0 aliphatic heterocycles. The molecule has 5 nitrogen and oxygen atoms in total. The molecule has 5 heteroatoms. The first-order chi connectivity index (χ1) is 8.73. The third-order valence-electron chi connectivity index (χ3n) is 2.37. The Kier molecular flexibility index (Phi) is 4.78. The van der Waals surface area contributed by atoms with Crippen molar-refractivity contribution < 1.29 is 14.3 Å². The van der Waals surface area contributed by atoms with Gasteiger partial charge in [0.2, 0.25) is 0 Å². The number of nitrogens with two attached hydrogens (primary N) is 1. The molecule has 106 valence electrons. The Labute approximate surface area is 114 Å². The van der Waals surface area contributed by atoms with Crippen molar-refractivity contribution >= 4 is 11.8 Å². The lowest BCUT2D eigenvalue weighted by Crippen LogP contribution is -2.27. The van der Waals surface area contributed by atoms with Gasteiger partial charge in [-0.25, -0.2) is 4.79 Å². The molecule has 0 fully saturated rings. The Morgan fingerprint density at radius 2 is 2.00 bits per heavy atom. The molecule has 1 rings (SSSR count). The summed E-state index contributed by atoms with van der Waals surface area (Å²) in [6.45, 7) is 7.30. The van der Waals surface area contributed by atoms with Crippen molar-refractivity contribution in [3.8, 4) is 5.75 Å². The fraction of sp³-hybridized carbons (Fsp3) is 0.500. The highest BCUT2D eigenvalue weighted by Crippen LogP contribution is 2.27. The van der Waals surface area contributed by atoms with E-state index < -0.39 is 11.7 Å². The Morgan fingerprint density at radius 3 is 2.47 bits per heavy atom. The molecular weight excluding hydrogens is 244 g/mol. The molecule has 1 atom stereocenters. The summed E-state index contributed by atoms with van der Waals surface area (Å²) in [5, 5.41) is 2.67. The second kappa shape index (κ2) is 5.93. The minimum absolute atomic E-state index is 0.185. The van der Waals surface area contributed by atoms with E-state index in [9.17, 15) is 4.79 Å². The van der Waals surface area contributed by atoms with Crippen molar-refractivity contribution in [1.29, 1.82) is 0 Å². The van der Waals surface area contributed by atoms with Gasteiger partial charge in [0.05, 0.1) is 7.11 Å². The molecule has 0 bridgehead atoms. The van der Waals surface area contributed by atoms with Crippen LogP contribution in [0.25, 0.3) is 0 Å². The largest absolute Gasteiger partial charge is 0.496 e. The van der Waals surface area contributed by atoms with Crippen LogP contribution in [0.5, 0.6) is 5.75 Å². The van der Waals surface area contributed by atoms with Crippen molar-refractivity contribution in [1.82, 2.24) is 0 Å². The molecule has 3 N–H and O–H groups in total. The number of anilines is 1. The normalized spacial score (nSPS) is 12.7. The van der Waals surface area contributed by atoms with Gasteiger partial charge in [0.1, 0.15) is 11.4 Å². The molecule has 1 amide bonds. The van der Waals surface area contributed by atoms with E-state index in [0.29, 0.717) is 11.4 Å². The monoisotopic (exact) mass is 266 g/mol. The summed E-state index contributed by atoms with van der Waals surface area (Å²) < 4.78 is 10.4. The number of carbonyl (C=O) groups is 1. The summed E-state index contributed by atoms with van der Waals surface area (Å²) in [6, 6.07) is 5.11. The summed E-state index contributed by atoms with van der Waals surface area (Å²) in [4.78, 5) is 11.7. The first kappa shape index (κ1) is 15.3. The maximum Gasteiger partial charge on any atom is 0.412 e. The van der Waals surface area contributed by atoms with E-state index in [1.54, 1.807) is 25.3 Å². The van der Waals surface area contributed by atoms with Crippen LogP contribution in [0.1, 0.15) is 39.3 Å². The van der Waals surface area contributed by atoms with Gasteiger partial charge in [-0.1, -0.05) is 0 Å². The molecule has 0 aliphatic carbocycles. The van der Waals surface area contributed by atoms with Crippen molar-refractivity contribution in [2.24, 2.45) is 5.73 Å². The summed E-state index contributed by atoms with van der Waals surface area (Å²) in [7, 11) is 1.59. The fourth-order valence-electron chi connectivity index (χ4n) is 1.59. The zero-order valence-corrected chi connectivity index (χ0v) is 12.1. The van der Waals surface area contributed by atoms with Crippen LogP contribution in [-0.2, 0) is 4.74 Å².